The fraction of sp³-hybridized carbons (Fsp3) is 0.600. The Morgan fingerprint density at radius 3 is 2.18 bits per heavy atom. The van der Waals surface area contributed by atoms with Gasteiger partial charge >= 0.3 is 0 Å². The van der Waals surface area contributed by atoms with Crippen molar-refractivity contribution in [3.63, 3.8) is 0 Å². The molecule has 2 nitrogen and oxygen atoms in total. The Bertz CT molecular complexity index is 290. The molecule has 1 aromatic carbocycles. The molecule has 1 rings (SSSR count). The van der Waals surface area contributed by atoms with Crippen LogP contribution < -0.4 is 9.47 Å². The van der Waals surface area contributed by atoms with Gasteiger partial charge in [0.15, 0.2) is 0 Å². The summed E-state index contributed by atoms with van der Waals surface area (Å²) in [6.07, 6.45) is 5.17. The molecule has 17 heavy (non-hydrogen) atoms. The minimum atomic E-state index is 0.218. The van der Waals surface area contributed by atoms with Gasteiger partial charge in [-0.25, -0.2) is 0 Å². The number of unbranched alkanes of at least 4 members (excludes halogenated alkanes) is 3. The van der Waals surface area contributed by atoms with Crippen LogP contribution in [-0.2, 0) is 0 Å². The SMILES string of the molecule is CCCCCCOc1ccc(OC(C)C)cc1. The molecular weight excluding hydrogens is 212 g/mol. The highest BCUT2D eigenvalue weighted by atomic mass is 16.5. The van der Waals surface area contributed by atoms with Crippen LogP contribution in [0.2, 0.25) is 0 Å². The Labute approximate surface area is 105 Å². The lowest BCUT2D eigenvalue weighted by molar-refractivity contribution is 0.241. The molecule has 1 aromatic rings. The maximum absolute atomic E-state index is 5.66. The minimum absolute atomic E-state index is 0.218. The lowest BCUT2D eigenvalue weighted by Gasteiger charge is -2.10. The zero-order chi connectivity index (χ0) is 12.5. The number of hydrogen-bond donors (Lipinski definition) is 0. The van der Waals surface area contributed by atoms with Crippen LogP contribution in [0.3, 0.4) is 0 Å². The first-order chi connectivity index (χ1) is 8.22. The van der Waals surface area contributed by atoms with Crippen molar-refractivity contribution in [2.75, 3.05) is 6.61 Å². The molecule has 0 unspecified atom stereocenters. The Balaban J connectivity index is 2.25. The highest BCUT2D eigenvalue weighted by Crippen LogP contribution is 2.18. The van der Waals surface area contributed by atoms with Gasteiger partial charge in [-0.1, -0.05) is 26.2 Å². The van der Waals surface area contributed by atoms with E-state index in [9.17, 15) is 0 Å². The first-order valence-corrected chi connectivity index (χ1v) is 6.62. The number of ether oxygens (including phenoxy) is 2. The Morgan fingerprint density at radius 2 is 1.59 bits per heavy atom. The van der Waals surface area contributed by atoms with Crippen molar-refractivity contribution in [1.82, 2.24) is 0 Å². The van der Waals surface area contributed by atoms with E-state index >= 15 is 0 Å². The number of rotatable bonds is 8. The highest BCUT2D eigenvalue weighted by molar-refractivity contribution is 5.31. The molecule has 0 atom stereocenters. The maximum atomic E-state index is 5.66. The summed E-state index contributed by atoms with van der Waals surface area (Å²) in [6.45, 7) is 7.08. The van der Waals surface area contributed by atoms with E-state index in [2.05, 4.69) is 6.92 Å². The molecule has 0 spiro atoms. The van der Waals surface area contributed by atoms with Crippen molar-refractivity contribution in [2.45, 2.75) is 52.6 Å². The molecule has 0 amide bonds. The normalized spacial score (nSPS) is 10.6. The smallest absolute Gasteiger partial charge is 0.119 e. The Kier molecular flexibility index (Phi) is 6.53. The molecule has 2 heteroatoms. The molecule has 0 N–H and O–H groups in total. The van der Waals surface area contributed by atoms with Gasteiger partial charge in [0.05, 0.1) is 12.7 Å². The van der Waals surface area contributed by atoms with Gasteiger partial charge in [0.25, 0.3) is 0 Å². The Morgan fingerprint density at radius 1 is 0.941 bits per heavy atom. The van der Waals surface area contributed by atoms with Crippen LogP contribution in [0.25, 0.3) is 0 Å². The predicted octanol–water partition coefficient (Wildman–Crippen LogP) is 4.43. The summed E-state index contributed by atoms with van der Waals surface area (Å²) in [7, 11) is 0. The summed E-state index contributed by atoms with van der Waals surface area (Å²) in [5.74, 6) is 1.83. The van der Waals surface area contributed by atoms with Gasteiger partial charge in [-0.3, -0.25) is 0 Å². The summed E-state index contributed by atoms with van der Waals surface area (Å²) < 4.78 is 11.2. The third-order valence-corrected chi connectivity index (χ3v) is 2.46. The van der Waals surface area contributed by atoms with Crippen LogP contribution in [0.5, 0.6) is 11.5 Å². The van der Waals surface area contributed by atoms with E-state index in [0.717, 1.165) is 24.5 Å². The first-order valence-electron chi connectivity index (χ1n) is 6.62. The van der Waals surface area contributed by atoms with E-state index in [4.69, 9.17) is 9.47 Å². The molecule has 0 bridgehead atoms. The second-order valence-corrected chi connectivity index (χ2v) is 4.55. The van der Waals surface area contributed by atoms with Crippen LogP contribution in [0.4, 0.5) is 0 Å². The first kappa shape index (κ1) is 13.9. The van der Waals surface area contributed by atoms with Crippen molar-refractivity contribution >= 4 is 0 Å². The average molecular weight is 236 g/mol. The largest absolute Gasteiger partial charge is 0.494 e. The fourth-order valence-electron chi connectivity index (χ4n) is 1.61. The van der Waals surface area contributed by atoms with Crippen molar-refractivity contribution in [1.29, 1.82) is 0 Å². The van der Waals surface area contributed by atoms with Crippen molar-refractivity contribution < 1.29 is 9.47 Å². The number of benzene rings is 1. The molecule has 0 saturated heterocycles. The van der Waals surface area contributed by atoms with Crippen molar-refractivity contribution in [3.05, 3.63) is 24.3 Å². The van der Waals surface area contributed by atoms with Crippen LogP contribution in [-0.4, -0.2) is 12.7 Å². The van der Waals surface area contributed by atoms with Crippen LogP contribution in [0, 0.1) is 0 Å². The topological polar surface area (TPSA) is 18.5 Å². The van der Waals surface area contributed by atoms with Crippen LogP contribution >= 0.6 is 0 Å². The zero-order valence-electron chi connectivity index (χ0n) is 11.2. The van der Waals surface area contributed by atoms with Gasteiger partial charge in [-0.05, 0) is 44.5 Å². The molecule has 96 valence electrons. The quantitative estimate of drug-likeness (QED) is 0.621. The summed E-state index contributed by atoms with van der Waals surface area (Å²) >= 11 is 0. The standard InChI is InChI=1S/C15H24O2/c1-4-5-6-7-12-16-14-8-10-15(11-9-14)17-13(2)3/h8-11,13H,4-7,12H2,1-3H3. The molecule has 0 aromatic heterocycles. The fourth-order valence-corrected chi connectivity index (χ4v) is 1.61. The van der Waals surface area contributed by atoms with Gasteiger partial charge in [0, 0.05) is 0 Å². The molecule has 0 radical (unpaired) electrons. The second kappa shape index (κ2) is 7.99. The van der Waals surface area contributed by atoms with Gasteiger partial charge < -0.3 is 9.47 Å². The summed E-state index contributed by atoms with van der Waals surface area (Å²) in [4.78, 5) is 0. The van der Waals surface area contributed by atoms with Gasteiger partial charge in [0.2, 0.25) is 0 Å². The minimum Gasteiger partial charge on any atom is -0.494 e. The molecule has 0 aliphatic heterocycles. The van der Waals surface area contributed by atoms with Crippen molar-refractivity contribution in [3.8, 4) is 11.5 Å². The van der Waals surface area contributed by atoms with E-state index in [1.807, 2.05) is 38.1 Å². The molecule has 0 heterocycles. The van der Waals surface area contributed by atoms with Crippen molar-refractivity contribution in [2.24, 2.45) is 0 Å². The predicted molar refractivity (Wildman–Crippen MR) is 71.8 cm³/mol. The lowest BCUT2D eigenvalue weighted by Crippen LogP contribution is -2.05. The van der Waals surface area contributed by atoms with Gasteiger partial charge in [-0.2, -0.15) is 0 Å². The summed E-state index contributed by atoms with van der Waals surface area (Å²) in [6, 6.07) is 7.86. The molecule has 0 aliphatic carbocycles. The van der Waals surface area contributed by atoms with E-state index in [-0.39, 0.29) is 6.10 Å². The molecule has 0 fully saturated rings. The lowest BCUT2D eigenvalue weighted by atomic mass is 10.2. The Hall–Kier alpha value is -1.18. The third-order valence-electron chi connectivity index (χ3n) is 2.46. The van der Waals surface area contributed by atoms with Crippen LogP contribution in [0.15, 0.2) is 24.3 Å². The van der Waals surface area contributed by atoms with Gasteiger partial charge in [0.1, 0.15) is 11.5 Å². The molecule has 0 aliphatic rings. The number of hydrogen-bond acceptors (Lipinski definition) is 2. The monoisotopic (exact) mass is 236 g/mol. The van der Waals surface area contributed by atoms with E-state index in [1.165, 1.54) is 19.3 Å². The summed E-state index contributed by atoms with van der Waals surface area (Å²) in [5, 5.41) is 0. The van der Waals surface area contributed by atoms with Crippen LogP contribution in [0.1, 0.15) is 46.5 Å². The average Bonchev–Trinajstić information content (AvgIpc) is 2.30. The maximum Gasteiger partial charge on any atom is 0.119 e. The molecule has 0 saturated carbocycles. The zero-order valence-corrected chi connectivity index (χ0v) is 11.2. The third kappa shape index (κ3) is 6.20. The van der Waals surface area contributed by atoms with E-state index in [0.29, 0.717) is 0 Å². The van der Waals surface area contributed by atoms with E-state index < -0.39 is 0 Å². The van der Waals surface area contributed by atoms with Gasteiger partial charge in [-0.15, -0.1) is 0 Å². The highest BCUT2D eigenvalue weighted by Gasteiger charge is 1.98. The summed E-state index contributed by atoms with van der Waals surface area (Å²) in [5.41, 5.74) is 0. The second-order valence-electron chi connectivity index (χ2n) is 4.55. The molecular formula is C15H24O2. The van der Waals surface area contributed by atoms with E-state index in [1.54, 1.807) is 0 Å².